The first-order valence-corrected chi connectivity index (χ1v) is 7.36. The largest absolute Gasteiger partial charge is 0.396 e. The molecule has 6 atom stereocenters. The molecule has 0 spiro atoms. The molecule has 1 aliphatic carbocycles. The SMILES string of the molecule is CC1CCC2C(CO1)[C@H](C(C)CO)CC[C@H]2C. The van der Waals surface area contributed by atoms with Crippen LogP contribution in [0, 0.1) is 29.6 Å². The van der Waals surface area contributed by atoms with E-state index in [-0.39, 0.29) is 0 Å². The van der Waals surface area contributed by atoms with Crippen LogP contribution in [-0.2, 0) is 4.74 Å². The summed E-state index contributed by atoms with van der Waals surface area (Å²) in [4.78, 5) is 0. The van der Waals surface area contributed by atoms with Gasteiger partial charge in [-0.15, -0.1) is 0 Å². The van der Waals surface area contributed by atoms with Crippen LogP contribution in [-0.4, -0.2) is 24.4 Å². The summed E-state index contributed by atoms with van der Waals surface area (Å²) < 4.78 is 5.96. The van der Waals surface area contributed by atoms with Gasteiger partial charge in [0.2, 0.25) is 0 Å². The van der Waals surface area contributed by atoms with Gasteiger partial charge in [0.1, 0.15) is 0 Å². The number of aliphatic hydroxyl groups is 1. The monoisotopic (exact) mass is 240 g/mol. The Hall–Kier alpha value is -0.0800. The van der Waals surface area contributed by atoms with Gasteiger partial charge in [-0.2, -0.15) is 0 Å². The lowest BCUT2D eigenvalue weighted by Gasteiger charge is -2.43. The van der Waals surface area contributed by atoms with Gasteiger partial charge in [0.15, 0.2) is 0 Å². The van der Waals surface area contributed by atoms with Crippen molar-refractivity contribution >= 4 is 0 Å². The molecule has 2 heteroatoms. The van der Waals surface area contributed by atoms with Crippen molar-refractivity contribution in [2.24, 2.45) is 29.6 Å². The molecule has 1 saturated carbocycles. The lowest BCUT2D eigenvalue weighted by molar-refractivity contribution is -0.0162. The topological polar surface area (TPSA) is 29.5 Å². The number of aliphatic hydroxyl groups excluding tert-OH is 1. The van der Waals surface area contributed by atoms with Crippen LogP contribution in [0.5, 0.6) is 0 Å². The quantitative estimate of drug-likeness (QED) is 0.803. The standard InChI is InChI=1S/C15H28O2/c1-10-4-6-14(11(2)8-16)15-9-17-12(3)5-7-13(10)15/h10-16H,4-9H2,1-3H3/t10-,11?,12?,13?,14+,15?/m1/s1. The Balaban J connectivity index is 2.11. The molecule has 4 unspecified atom stereocenters. The Bertz CT molecular complexity index is 235. The second-order valence-corrected chi connectivity index (χ2v) is 6.43. The van der Waals surface area contributed by atoms with E-state index in [1.807, 2.05) is 0 Å². The van der Waals surface area contributed by atoms with Gasteiger partial charge in [0.25, 0.3) is 0 Å². The second-order valence-electron chi connectivity index (χ2n) is 6.43. The molecule has 2 aliphatic rings. The van der Waals surface area contributed by atoms with Crippen molar-refractivity contribution in [1.82, 2.24) is 0 Å². The van der Waals surface area contributed by atoms with Crippen molar-refractivity contribution in [2.45, 2.75) is 52.6 Å². The van der Waals surface area contributed by atoms with Crippen molar-refractivity contribution in [3.8, 4) is 0 Å². The summed E-state index contributed by atoms with van der Waals surface area (Å²) in [5.74, 6) is 3.47. The third kappa shape index (κ3) is 2.85. The summed E-state index contributed by atoms with van der Waals surface area (Å²) in [6.45, 7) is 8.06. The predicted octanol–water partition coefficient (Wildman–Crippen LogP) is 3.09. The Morgan fingerprint density at radius 1 is 1.12 bits per heavy atom. The summed E-state index contributed by atoms with van der Waals surface area (Å²) in [7, 11) is 0. The maximum Gasteiger partial charge on any atom is 0.0547 e. The lowest BCUT2D eigenvalue weighted by Crippen LogP contribution is -2.39. The first-order chi connectivity index (χ1) is 8.13. The third-order valence-electron chi connectivity index (χ3n) is 5.28. The lowest BCUT2D eigenvalue weighted by atomic mass is 9.63. The summed E-state index contributed by atoms with van der Waals surface area (Å²) in [5, 5.41) is 9.42. The van der Waals surface area contributed by atoms with Crippen LogP contribution in [0.2, 0.25) is 0 Å². The first kappa shape index (κ1) is 13.4. The molecule has 0 aromatic rings. The molecule has 0 bridgehead atoms. The van der Waals surface area contributed by atoms with Crippen LogP contribution in [0.1, 0.15) is 46.5 Å². The van der Waals surface area contributed by atoms with E-state index in [2.05, 4.69) is 20.8 Å². The minimum absolute atomic E-state index is 0.331. The van der Waals surface area contributed by atoms with Gasteiger partial charge in [-0.1, -0.05) is 20.3 Å². The van der Waals surface area contributed by atoms with Gasteiger partial charge >= 0.3 is 0 Å². The highest BCUT2D eigenvalue weighted by atomic mass is 16.5. The van der Waals surface area contributed by atoms with E-state index in [9.17, 15) is 5.11 Å². The van der Waals surface area contributed by atoms with E-state index in [1.54, 1.807) is 0 Å². The summed E-state index contributed by atoms with van der Waals surface area (Å²) in [6.07, 6.45) is 5.58. The third-order valence-corrected chi connectivity index (χ3v) is 5.28. The van der Waals surface area contributed by atoms with Crippen LogP contribution in [0.4, 0.5) is 0 Å². The molecule has 2 nitrogen and oxygen atoms in total. The molecule has 17 heavy (non-hydrogen) atoms. The molecule has 1 saturated heterocycles. The Morgan fingerprint density at radius 3 is 2.59 bits per heavy atom. The molecule has 2 rings (SSSR count). The van der Waals surface area contributed by atoms with Crippen LogP contribution in [0.3, 0.4) is 0 Å². The minimum atomic E-state index is 0.331. The summed E-state index contributed by atoms with van der Waals surface area (Å²) >= 11 is 0. The molecule has 1 aliphatic heterocycles. The molecule has 100 valence electrons. The maximum atomic E-state index is 9.42. The summed E-state index contributed by atoms with van der Waals surface area (Å²) in [5.41, 5.74) is 0. The zero-order valence-corrected chi connectivity index (χ0v) is 11.6. The van der Waals surface area contributed by atoms with Crippen molar-refractivity contribution in [1.29, 1.82) is 0 Å². The fourth-order valence-electron chi connectivity index (χ4n) is 4.00. The average Bonchev–Trinajstić information content (AvgIpc) is 2.52. The van der Waals surface area contributed by atoms with Crippen molar-refractivity contribution in [3.05, 3.63) is 0 Å². The highest BCUT2D eigenvalue weighted by Gasteiger charge is 2.40. The Kier molecular flexibility index (Phi) is 4.48. The molecule has 0 radical (unpaired) electrons. The van der Waals surface area contributed by atoms with Gasteiger partial charge in [-0.3, -0.25) is 0 Å². The molecule has 0 amide bonds. The van der Waals surface area contributed by atoms with Gasteiger partial charge < -0.3 is 9.84 Å². The van der Waals surface area contributed by atoms with Gasteiger partial charge in [0, 0.05) is 6.61 Å². The molecular formula is C15H28O2. The Morgan fingerprint density at radius 2 is 1.88 bits per heavy atom. The number of hydrogen-bond acceptors (Lipinski definition) is 2. The van der Waals surface area contributed by atoms with E-state index < -0.39 is 0 Å². The zero-order valence-electron chi connectivity index (χ0n) is 11.6. The molecule has 1 heterocycles. The molecule has 1 N–H and O–H groups in total. The smallest absolute Gasteiger partial charge is 0.0547 e. The number of ether oxygens (including phenoxy) is 1. The number of hydrogen-bond donors (Lipinski definition) is 1. The van der Waals surface area contributed by atoms with Crippen LogP contribution in [0.15, 0.2) is 0 Å². The fourth-order valence-corrected chi connectivity index (χ4v) is 4.00. The van der Waals surface area contributed by atoms with E-state index in [0.717, 1.165) is 18.4 Å². The van der Waals surface area contributed by atoms with Crippen molar-refractivity contribution in [2.75, 3.05) is 13.2 Å². The summed E-state index contributed by atoms with van der Waals surface area (Å²) in [6, 6.07) is 0. The molecule has 0 aromatic carbocycles. The predicted molar refractivity (Wildman–Crippen MR) is 69.8 cm³/mol. The van der Waals surface area contributed by atoms with Gasteiger partial charge in [-0.05, 0) is 55.8 Å². The average molecular weight is 240 g/mol. The van der Waals surface area contributed by atoms with Crippen molar-refractivity contribution in [3.63, 3.8) is 0 Å². The molecule has 2 fully saturated rings. The van der Waals surface area contributed by atoms with Crippen LogP contribution in [0.25, 0.3) is 0 Å². The number of rotatable bonds is 2. The minimum Gasteiger partial charge on any atom is -0.396 e. The Labute approximate surface area is 106 Å². The zero-order chi connectivity index (χ0) is 12.4. The maximum absolute atomic E-state index is 9.42. The van der Waals surface area contributed by atoms with Crippen molar-refractivity contribution < 1.29 is 9.84 Å². The van der Waals surface area contributed by atoms with E-state index in [1.165, 1.54) is 25.7 Å². The van der Waals surface area contributed by atoms with E-state index in [4.69, 9.17) is 4.74 Å². The van der Waals surface area contributed by atoms with E-state index in [0.29, 0.717) is 30.5 Å². The number of fused-ring (bicyclic) bond motifs is 1. The second kappa shape index (κ2) is 5.71. The fraction of sp³-hybridized carbons (Fsp3) is 1.00. The van der Waals surface area contributed by atoms with Crippen LogP contribution >= 0.6 is 0 Å². The normalized spacial score (nSPS) is 44.8. The highest BCUT2D eigenvalue weighted by Crippen LogP contribution is 2.45. The molecule has 0 aromatic heterocycles. The van der Waals surface area contributed by atoms with E-state index >= 15 is 0 Å². The van der Waals surface area contributed by atoms with Gasteiger partial charge in [0.05, 0.1) is 12.7 Å². The highest BCUT2D eigenvalue weighted by molar-refractivity contribution is 4.89. The first-order valence-electron chi connectivity index (χ1n) is 7.36. The van der Waals surface area contributed by atoms with Gasteiger partial charge in [-0.25, -0.2) is 0 Å². The molecular weight excluding hydrogens is 212 g/mol. The van der Waals surface area contributed by atoms with Crippen LogP contribution < -0.4 is 0 Å².